The summed E-state index contributed by atoms with van der Waals surface area (Å²) in [7, 11) is 3.14. The number of amides is 1. The molecule has 0 saturated heterocycles. The van der Waals surface area contributed by atoms with Crippen LogP contribution in [0.4, 0.5) is 0 Å². The van der Waals surface area contributed by atoms with Gasteiger partial charge in [0.15, 0.2) is 17.3 Å². The molecule has 2 aromatic heterocycles. The van der Waals surface area contributed by atoms with Crippen LogP contribution in [-0.4, -0.2) is 88.2 Å². The molecule has 300 valence electrons. The average molecular weight is 760 g/mol. The van der Waals surface area contributed by atoms with Gasteiger partial charge in [-0.15, -0.1) is 0 Å². The van der Waals surface area contributed by atoms with E-state index >= 15 is 0 Å². The van der Waals surface area contributed by atoms with Crippen molar-refractivity contribution in [3.05, 3.63) is 47.8 Å². The van der Waals surface area contributed by atoms with Crippen molar-refractivity contribution < 1.29 is 33.4 Å². The Balaban J connectivity index is 1.45. The van der Waals surface area contributed by atoms with Crippen LogP contribution < -0.4 is 9.47 Å². The van der Waals surface area contributed by atoms with Crippen molar-refractivity contribution in [2.24, 2.45) is 21.7 Å². The van der Waals surface area contributed by atoms with Gasteiger partial charge in [0.25, 0.3) is 0 Å². The van der Waals surface area contributed by atoms with Gasteiger partial charge in [0.05, 0.1) is 31.9 Å². The van der Waals surface area contributed by atoms with Crippen molar-refractivity contribution in [2.75, 3.05) is 40.5 Å². The highest BCUT2D eigenvalue weighted by atomic mass is 16.5. The monoisotopic (exact) mass is 759 g/mol. The van der Waals surface area contributed by atoms with Crippen LogP contribution in [0.3, 0.4) is 0 Å². The van der Waals surface area contributed by atoms with Crippen molar-refractivity contribution in [3.63, 3.8) is 0 Å². The molecule has 2 aromatic carbocycles. The third-order valence-corrected chi connectivity index (χ3v) is 9.62. The minimum Gasteiger partial charge on any atom is -0.497 e. The number of hydrogen-bond acceptors (Lipinski definition) is 9. The number of hydrogen-bond donors (Lipinski definition) is 0. The molecular formula is C43H61N5O7. The first-order valence-corrected chi connectivity index (χ1v) is 19.0. The van der Waals surface area contributed by atoms with Gasteiger partial charge in [-0.2, -0.15) is 10.2 Å². The molecule has 0 radical (unpaired) electrons. The molecule has 0 aliphatic rings. The number of ketones is 3. The van der Waals surface area contributed by atoms with Gasteiger partial charge in [-0.05, 0) is 47.9 Å². The fraction of sp³-hybridized carbons (Fsp3) is 0.581. The van der Waals surface area contributed by atoms with Crippen molar-refractivity contribution >= 4 is 45.1 Å². The predicted molar refractivity (Wildman–Crippen MR) is 215 cm³/mol. The van der Waals surface area contributed by atoms with Crippen LogP contribution >= 0.6 is 0 Å². The van der Waals surface area contributed by atoms with Gasteiger partial charge >= 0.3 is 0 Å². The van der Waals surface area contributed by atoms with Gasteiger partial charge in [-0.3, -0.25) is 28.5 Å². The fourth-order valence-electron chi connectivity index (χ4n) is 6.07. The number of rotatable bonds is 17. The summed E-state index contributed by atoms with van der Waals surface area (Å²) >= 11 is 0. The minimum absolute atomic E-state index is 0.00140. The Hall–Kier alpha value is -4.58. The molecular weight excluding hydrogens is 699 g/mol. The summed E-state index contributed by atoms with van der Waals surface area (Å²) in [6.07, 6.45) is 1.42. The van der Waals surface area contributed by atoms with Crippen molar-refractivity contribution in [2.45, 2.75) is 102 Å². The zero-order valence-electron chi connectivity index (χ0n) is 35.2. The molecule has 0 aliphatic heterocycles. The van der Waals surface area contributed by atoms with Crippen LogP contribution in [0.1, 0.15) is 110 Å². The number of nitrogens with zero attached hydrogens (tertiary/aromatic N) is 5. The predicted octanol–water partition coefficient (Wildman–Crippen LogP) is 7.83. The number of aromatic nitrogens is 4. The third kappa shape index (κ3) is 11.0. The van der Waals surface area contributed by atoms with Crippen LogP contribution in [0.15, 0.2) is 36.4 Å². The summed E-state index contributed by atoms with van der Waals surface area (Å²) in [6, 6.07) is 10.8. The lowest BCUT2D eigenvalue weighted by Gasteiger charge is -2.31. The molecule has 4 aromatic rings. The van der Waals surface area contributed by atoms with E-state index in [0.29, 0.717) is 70.8 Å². The second kappa shape index (κ2) is 16.6. The smallest absolute Gasteiger partial charge is 0.244 e. The second-order valence-corrected chi connectivity index (χ2v) is 18.6. The molecule has 0 spiro atoms. The lowest BCUT2D eigenvalue weighted by Crippen LogP contribution is -2.39. The van der Waals surface area contributed by atoms with Crippen LogP contribution in [0.25, 0.3) is 21.8 Å². The first kappa shape index (κ1) is 43.2. The van der Waals surface area contributed by atoms with Crippen molar-refractivity contribution in [3.8, 4) is 11.5 Å². The number of methoxy groups -OCH3 is 2. The van der Waals surface area contributed by atoms with Crippen LogP contribution in [0.2, 0.25) is 0 Å². The number of Topliss-reactive ketones (excluding diaryl/α,β-unsaturated/α-hetero) is 3. The van der Waals surface area contributed by atoms with Crippen molar-refractivity contribution in [1.82, 2.24) is 24.5 Å². The van der Waals surface area contributed by atoms with Crippen LogP contribution in [0, 0.1) is 21.7 Å². The molecule has 0 bridgehead atoms. The molecule has 0 unspecified atom stereocenters. The molecule has 12 nitrogen and oxygen atoms in total. The Bertz CT molecular complexity index is 2040. The lowest BCUT2D eigenvalue weighted by atomic mass is 9.88. The standard InChI is InChI=1S/C43H61N5O7/c1-40(2,3)18-20-46(35(50)25-48-34-23-30(54-13)15-17-32(34)37(45-48)39(52)42(7,8)9)21-19-43(10,11)27-55-26-28(49)24-47-33-22-29(53-12)14-16-31(33)36(44-47)38(51)41(4,5)6/h14-17,22-23H,18-21,24-27H2,1-13H3. The maximum atomic E-state index is 14.1. The van der Waals surface area contributed by atoms with E-state index in [1.54, 1.807) is 47.8 Å². The topological polar surface area (TPSA) is 135 Å². The van der Waals surface area contributed by atoms with Crippen LogP contribution in [-0.2, 0) is 27.4 Å². The van der Waals surface area contributed by atoms with Gasteiger partial charge in [-0.1, -0.05) is 76.2 Å². The van der Waals surface area contributed by atoms with E-state index in [1.165, 1.54) is 0 Å². The van der Waals surface area contributed by atoms with Crippen LogP contribution in [0.5, 0.6) is 11.5 Å². The van der Waals surface area contributed by atoms with E-state index < -0.39 is 10.8 Å². The van der Waals surface area contributed by atoms with E-state index in [1.807, 2.05) is 58.6 Å². The summed E-state index contributed by atoms with van der Waals surface area (Å²) in [5.41, 5.74) is 0.308. The summed E-state index contributed by atoms with van der Waals surface area (Å²) in [4.78, 5) is 55.8. The Labute approximate surface area is 325 Å². The number of carbonyl (C=O) groups is 4. The van der Waals surface area contributed by atoms with E-state index in [-0.39, 0.29) is 53.8 Å². The fourth-order valence-corrected chi connectivity index (χ4v) is 6.07. The minimum atomic E-state index is -0.648. The maximum absolute atomic E-state index is 14.1. The number of benzene rings is 2. The largest absolute Gasteiger partial charge is 0.497 e. The Kier molecular flexibility index (Phi) is 13.1. The molecule has 2 heterocycles. The first-order valence-electron chi connectivity index (χ1n) is 19.0. The maximum Gasteiger partial charge on any atom is 0.244 e. The molecule has 12 heteroatoms. The highest BCUT2D eigenvalue weighted by Crippen LogP contribution is 2.31. The van der Waals surface area contributed by atoms with E-state index in [0.717, 1.165) is 6.42 Å². The number of ether oxygens (including phenoxy) is 3. The summed E-state index contributed by atoms with van der Waals surface area (Å²) in [5, 5.41) is 10.6. The first-order chi connectivity index (χ1) is 25.4. The molecule has 55 heavy (non-hydrogen) atoms. The quantitative estimate of drug-likeness (QED) is 0.0988. The number of carbonyl (C=O) groups excluding carboxylic acids is 4. The lowest BCUT2D eigenvalue weighted by molar-refractivity contribution is -0.132. The Morgan fingerprint density at radius 2 is 1.11 bits per heavy atom. The molecule has 0 N–H and O–H groups in total. The molecule has 0 atom stereocenters. The van der Waals surface area contributed by atoms with Gasteiger partial charge in [0.2, 0.25) is 5.91 Å². The molecule has 0 saturated carbocycles. The Morgan fingerprint density at radius 1 is 0.655 bits per heavy atom. The zero-order valence-corrected chi connectivity index (χ0v) is 35.2. The second-order valence-electron chi connectivity index (χ2n) is 18.6. The number of fused-ring (bicyclic) bond motifs is 2. The average Bonchev–Trinajstić information content (AvgIpc) is 3.62. The zero-order chi connectivity index (χ0) is 41.1. The van der Waals surface area contributed by atoms with Gasteiger partial charge in [-0.25, -0.2) is 0 Å². The van der Waals surface area contributed by atoms with E-state index in [2.05, 4.69) is 44.8 Å². The van der Waals surface area contributed by atoms with Gasteiger partial charge in [0.1, 0.15) is 42.6 Å². The van der Waals surface area contributed by atoms with E-state index in [9.17, 15) is 19.2 Å². The van der Waals surface area contributed by atoms with Crippen molar-refractivity contribution in [1.29, 1.82) is 0 Å². The molecule has 4 rings (SSSR count). The highest BCUT2D eigenvalue weighted by molar-refractivity contribution is 6.09. The molecule has 1 amide bonds. The molecule has 0 aliphatic carbocycles. The summed E-state index contributed by atoms with van der Waals surface area (Å²) in [6.45, 7) is 22.7. The van der Waals surface area contributed by atoms with E-state index in [4.69, 9.17) is 14.2 Å². The summed E-state index contributed by atoms with van der Waals surface area (Å²) < 4.78 is 20.0. The Morgan fingerprint density at radius 3 is 1.55 bits per heavy atom. The van der Waals surface area contributed by atoms with Gasteiger partial charge < -0.3 is 19.1 Å². The third-order valence-electron chi connectivity index (χ3n) is 9.62. The normalized spacial score (nSPS) is 12.7. The summed E-state index contributed by atoms with van der Waals surface area (Å²) in [5.74, 6) is 0.706. The molecule has 0 fully saturated rings. The van der Waals surface area contributed by atoms with Gasteiger partial charge in [0, 0.05) is 46.8 Å². The highest BCUT2D eigenvalue weighted by Gasteiger charge is 2.31. The SMILES string of the molecule is COc1ccc2c(C(=O)C(C)(C)C)nn(CC(=O)COCC(C)(C)CCN(CCC(C)(C)C)C(=O)Cn3nc(C(=O)C(C)(C)C)c4ccc(OC)cc43)c2c1.